The van der Waals surface area contributed by atoms with Gasteiger partial charge in [0.05, 0.1) is 10.2 Å². The number of rotatable bonds is 8. The SMILES string of the molecule is NC(CCCNc1nonc1C(=Nc1ccc(F)c(Br)c1)NO)=NS(N)(=O)=O. The zero-order valence-electron chi connectivity index (χ0n) is 14.1. The van der Waals surface area contributed by atoms with Crippen LogP contribution < -0.4 is 21.7 Å². The molecule has 0 aliphatic heterocycles. The minimum atomic E-state index is -4.03. The van der Waals surface area contributed by atoms with Gasteiger partial charge in [-0.1, -0.05) is 0 Å². The van der Waals surface area contributed by atoms with Gasteiger partial charge in [-0.2, -0.15) is 8.42 Å². The summed E-state index contributed by atoms with van der Waals surface area (Å²) in [6.07, 6.45) is 0.550. The fourth-order valence-electron chi connectivity index (χ4n) is 1.96. The molecule has 1 aromatic carbocycles. The van der Waals surface area contributed by atoms with Gasteiger partial charge >= 0.3 is 10.2 Å². The van der Waals surface area contributed by atoms with Crippen LogP contribution >= 0.6 is 15.9 Å². The lowest BCUT2D eigenvalue weighted by Crippen LogP contribution is -2.22. The van der Waals surface area contributed by atoms with Crippen molar-refractivity contribution in [2.75, 3.05) is 11.9 Å². The molecule has 1 aromatic heterocycles. The Balaban J connectivity index is 2.06. The first-order valence-corrected chi connectivity index (χ1v) is 9.87. The number of nitrogens with one attached hydrogen (secondary N) is 2. The highest BCUT2D eigenvalue weighted by Gasteiger charge is 2.16. The summed E-state index contributed by atoms with van der Waals surface area (Å²) >= 11 is 3.04. The second-order valence-corrected chi connectivity index (χ2v) is 7.33. The molecule has 0 fully saturated rings. The number of nitrogens with zero attached hydrogens (tertiary/aromatic N) is 4. The zero-order valence-corrected chi connectivity index (χ0v) is 16.5. The molecule has 0 bridgehead atoms. The molecule has 0 amide bonds. The minimum Gasteiger partial charge on any atom is -0.386 e. The molecule has 1 heterocycles. The van der Waals surface area contributed by atoms with Crippen LogP contribution in [0.15, 0.2) is 36.7 Å². The molecule has 12 nitrogen and oxygen atoms in total. The van der Waals surface area contributed by atoms with Crippen LogP contribution in [-0.4, -0.2) is 42.2 Å². The lowest BCUT2D eigenvalue weighted by molar-refractivity contribution is 0.234. The summed E-state index contributed by atoms with van der Waals surface area (Å²) in [6.45, 7) is 0.295. The average molecular weight is 479 g/mol. The van der Waals surface area contributed by atoms with Gasteiger partial charge in [0, 0.05) is 13.0 Å². The Morgan fingerprint density at radius 3 is 2.79 bits per heavy atom. The first-order valence-electron chi connectivity index (χ1n) is 7.57. The van der Waals surface area contributed by atoms with Gasteiger partial charge < -0.3 is 11.1 Å². The largest absolute Gasteiger partial charge is 0.386 e. The van der Waals surface area contributed by atoms with Gasteiger partial charge in [0.2, 0.25) is 5.82 Å². The predicted molar refractivity (Wildman–Crippen MR) is 102 cm³/mol. The van der Waals surface area contributed by atoms with E-state index in [9.17, 15) is 18.0 Å². The molecular formula is C13H16BrFN8O4S. The second-order valence-electron chi connectivity index (χ2n) is 5.26. The third-order valence-electron chi connectivity index (χ3n) is 3.11. The molecule has 0 spiro atoms. The highest BCUT2D eigenvalue weighted by molar-refractivity contribution is 9.10. The quantitative estimate of drug-likeness (QED) is 0.157. The Labute approximate surface area is 167 Å². The van der Waals surface area contributed by atoms with Crippen molar-refractivity contribution in [3.8, 4) is 0 Å². The maximum Gasteiger partial charge on any atom is 0.318 e. The number of aromatic nitrogens is 2. The topological polar surface area (TPSA) is 194 Å². The van der Waals surface area contributed by atoms with Gasteiger partial charge in [0.1, 0.15) is 11.7 Å². The van der Waals surface area contributed by atoms with Gasteiger partial charge in [-0.15, -0.1) is 4.40 Å². The molecule has 152 valence electrons. The molecule has 0 saturated heterocycles. The van der Waals surface area contributed by atoms with Crippen LogP contribution in [0.2, 0.25) is 0 Å². The van der Waals surface area contributed by atoms with Gasteiger partial charge in [-0.25, -0.2) is 19.2 Å². The van der Waals surface area contributed by atoms with Crippen LogP contribution in [0.25, 0.3) is 0 Å². The second kappa shape index (κ2) is 9.54. The molecule has 0 radical (unpaired) electrons. The van der Waals surface area contributed by atoms with E-state index in [1.54, 1.807) is 0 Å². The maximum absolute atomic E-state index is 13.3. The molecule has 0 saturated carbocycles. The smallest absolute Gasteiger partial charge is 0.318 e. The summed E-state index contributed by atoms with van der Waals surface area (Å²) in [6, 6.07) is 4.00. The summed E-state index contributed by atoms with van der Waals surface area (Å²) in [5.74, 6) is -0.543. The van der Waals surface area contributed by atoms with Crippen molar-refractivity contribution in [1.82, 2.24) is 15.8 Å². The zero-order chi connectivity index (χ0) is 20.7. The Hall–Kier alpha value is -2.62. The number of hydrogen-bond acceptors (Lipinski definition) is 8. The number of nitrogens with two attached hydrogens (primary N) is 2. The third-order valence-corrected chi connectivity index (χ3v) is 4.21. The molecule has 0 aliphatic carbocycles. The van der Waals surface area contributed by atoms with Crippen molar-refractivity contribution in [3.05, 3.63) is 34.2 Å². The van der Waals surface area contributed by atoms with Crippen LogP contribution in [-0.2, 0) is 10.2 Å². The van der Waals surface area contributed by atoms with Crippen molar-refractivity contribution < 1.29 is 22.6 Å². The average Bonchev–Trinajstić information content (AvgIpc) is 3.06. The van der Waals surface area contributed by atoms with Crippen molar-refractivity contribution in [1.29, 1.82) is 0 Å². The van der Waals surface area contributed by atoms with Crippen LogP contribution in [0.4, 0.5) is 15.9 Å². The van der Waals surface area contributed by atoms with Crippen molar-refractivity contribution in [2.45, 2.75) is 12.8 Å². The fourth-order valence-corrected chi connectivity index (χ4v) is 2.74. The normalized spacial score (nSPS) is 12.9. The number of halogens is 2. The van der Waals surface area contributed by atoms with E-state index in [2.05, 4.69) is 45.6 Å². The number of aliphatic imine (C=N–C) groups is 1. The van der Waals surface area contributed by atoms with E-state index >= 15 is 0 Å². The predicted octanol–water partition coefficient (Wildman–Crippen LogP) is 0.781. The first kappa shape index (κ1) is 21.7. The van der Waals surface area contributed by atoms with Gasteiger partial charge in [-0.3, -0.25) is 10.7 Å². The lowest BCUT2D eigenvalue weighted by Gasteiger charge is -2.06. The lowest BCUT2D eigenvalue weighted by atomic mass is 10.3. The van der Waals surface area contributed by atoms with Gasteiger partial charge in [-0.05, 0) is 50.9 Å². The summed E-state index contributed by atoms with van der Waals surface area (Å²) in [7, 11) is -4.03. The Morgan fingerprint density at radius 1 is 1.39 bits per heavy atom. The third kappa shape index (κ3) is 6.52. The fraction of sp³-hybridized carbons (Fsp3) is 0.231. The van der Waals surface area contributed by atoms with Crippen molar-refractivity contribution >= 4 is 49.3 Å². The summed E-state index contributed by atoms with van der Waals surface area (Å²) < 4.78 is 42.9. The maximum atomic E-state index is 13.3. The standard InChI is InChI=1S/C13H16BrFN8O4S/c14-8-6-7(3-4-9(8)15)19-13(20-24)11-12(22-27-21-11)18-5-1-2-10(16)23-28(17,25)26/h3-4,6,24H,1-2,5H2,(H2,16,23)(H,18,22)(H,19,20)(H2,17,25,26). The van der Waals surface area contributed by atoms with Crippen LogP contribution in [0.5, 0.6) is 0 Å². The first-order chi connectivity index (χ1) is 13.2. The van der Waals surface area contributed by atoms with E-state index in [4.69, 9.17) is 10.9 Å². The van der Waals surface area contributed by atoms with E-state index in [0.717, 1.165) is 0 Å². The van der Waals surface area contributed by atoms with Crippen molar-refractivity contribution in [2.24, 2.45) is 20.3 Å². The number of amidine groups is 2. The van der Waals surface area contributed by atoms with Crippen LogP contribution in [0.3, 0.4) is 0 Å². The minimum absolute atomic E-state index is 0.0640. The summed E-state index contributed by atoms with van der Waals surface area (Å²) in [4.78, 5) is 4.12. The molecule has 0 atom stereocenters. The molecular weight excluding hydrogens is 463 g/mol. The molecule has 15 heteroatoms. The Kier molecular flexibility index (Phi) is 7.38. The van der Waals surface area contributed by atoms with E-state index in [1.165, 1.54) is 18.2 Å². The monoisotopic (exact) mass is 478 g/mol. The molecule has 28 heavy (non-hydrogen) atoms. The highest BCUT2D eigenvalue weighted by atomic mass is 79.9. The van der Waals surface area contributed by atoms with Crippen molar-refractivity contribution in [3.63, 3.8) is 0 Å². The van der Waals surface area contributed by atoms with E-state index in [-0.39, 0.29) is 34.1 Å². The number of hydrogen-bond donors (Lipinski definition) is 5. The van der Waals surface area contributed by atoms with E-state index < -0.39 is 16.0 Å². The number of benzene rings is 1. The Bertz CT molecular complexity index is 994. The summed E-state index contributed by atoms with van der Waals surface area (Å²) in [5.41, 5.74) is 7.72. The van der Waals surface area contributed by atoms with Crippen LogP contribution in [0.1, 0.15) is 18.5 Å². The van der Waals surface area contributed by atoms with Gasteiger partial charge in [0.25, 0.3) is 0 Å². The van der Waals surface area contributed by atoms with E-state index in [1.807, 2.05) is 5.48 Å². The summed E-state index contributed by atoms with van der Waals surface area (Å²) in [5, 5.41) is 24.3. The van der Waals surface area contributed by atoms with Crippen LogP contribution in [0, 0.1) is 5.82 Å². The van der Waals surface area contributed by atoms with E-state index in [0.29, 0.717) is 18.7 Å². The molecule has 7 N–H and O–H groups in total. The molecule has 2 rings (SSSR count). The Morgan fingerprint density at radius 2 is 2.14 bits per heavy atom. The van der Waals surface area contributed by atoms with Gasteiger partial charge in [0.15, 0.2) is 11.5 Å². The highest BCUT2D eigenvalue weighted by Crippen LogP contribution is 2.23. The molecule has 2 aromatic rings. The number of hydroxylamine groups is 1. The molecule has 0 unspecified atom stereocenters. The number of anilines is 1. The molecule has 0 aliphatic rings.